The molecule has 0 bridgehead atoms. The largest absolute Gasteiger partial charge is 0.496 e. The van der Waals surface area contributed by atoms with Crippen LogP contribution >= 0.6 is 11.8 Å². The van der Waals surface area contributed by atoms with E-state index in [0.29, 0.717) is 18.7 Å². The number of sulfonamides is 1. The maximum absolute atomic E-state index is 13.4. The highest BCUT2D eigenvalue weighted by Gasteiger charge is 2.26. The molecule has 0 radical (unpaired) electrons. The molecule has 34 heavy (non-hydrogen) atoms. The van der Waals surface area contributed by atoms with Gasteiger partial charge in [0, 0.05) is 24.0 Å². The molecule has 0 aromatic heterocycles. The summed E-state index contributed by atoms with van der Waals surface area (Å²) in [6.45, 7) is 9.39. The molecule has 8 heteroatoms. The standard InChI is InChI=1S/C26H36N2O4S2/c1-17(2)21-16-22(18(3)14-24(21)32-5)19(4)27-34(30,31)20-10-11-25(33-6)23(15-20)26(29)28-12-8-7-9-13-28/h10-11,14-17,19,27H,7-9,12-13H2,1-6H3. The Morgan fingerprint density at radius 1 is 1.06 bits per heavy atom. The van der Waals surface area contributed by atoms with Gasteiger partial charge in [-0.3, -0.25) is 4.79 Å². The highest BCUT2D eigenvalue weighted by Crippen LogP contribution is 2.33. The Morgan fingerprint density at radius 3 is 2.32 bits per heavy atom. The molecule has 1 aliphatic heterocycles. The van der Waals surface area contributed by atoms with E-state index >= 15 is 0 Å². The number of benzene rings is 2. The van der Waals surface area contributed by atoms with Gasteiger partial charge in [-0.1, -0.05) is 13.8 Å². The van der Waals surface area contributed by atoms with Crippen molar-refractivity contribution >= 4 is 27.7 Å². The maximum atomic E-state index is 13.4. The first-order valence-electron chi connectivity index (χ1n) is 11.8. The quantitative estimate of drug-likeness (QED) is 0.480. The van der Waals surface area contributed by atoms with E-state index in [0.717, 1.165) is 46.6 Å². The van der Waals surface area contributed by atoms with Crippen molar-refractivity contribution < 1.29 is 17.9 Å². The fourth-order valence-corrected chi connectivity index (χ4v) is 6.28. The number of nitrogens with zero attached hydrogens (tertiary/aromatic N) is 1. The Labute approximate surface area is 208 Å². The van der Waals surface area contributed by atoms with Crippen LogP contribution in [-0.4, -0.2) is 45.7 Å². The number of ether oxygens (including phenoxy) is 1. The summed E-state index contributed by atoms with van der Waals surface area (Å²) in [7, 11) is -2.20. The minimum atomic E-state index is -3.85. The smallest absolute Gasteiger partial charge is 0.255 e. The van der Waals surface area contributed by atoms with Gasteiger partial charge in [-0.15, -0.1) is 11.8 Å². The molecular formula is C26H36N2O4S2. The number of carbonyl (C=O) groups excluding carboxylic acids is 1. The van der Waals surface area contributed by atoms with Gasteiger partial charge >= 0.3 is 0 Å². The average molecular weight is 505 g/mol. The number of piperidine rings is 1. The van der Waals surface area contributed by atoms with E-state index in [4.69, 9.17) is 4.74 Å². The van der Waals surface area contributed by atoms with Crippen LogP contribution in [0.1, 0.15) is 79.0 Å². The zero-order chi connectivity index (χ0) is 25.0. The summed E-state index contributed by atoms with van der Waals surface area (Å²) in [4.78, 5) is 15.9. The molecular weight excluding hydrogens is 468 g/mol. The molecule has 0 saturated carbocycles. The number of likely N-dealkylation sites (tertiary alicyclic amines) is 1. The summed E-state index contributed by atoms with van der Waals surface area (Å²) >= 11 is 1.45. The van der Waals surface area contributed by atoms with Gasteiger partial charge in [-0.2, -0.15) is 0 Å². The van der Waals surface area contributed by atoms with E-state index in [1.807, 2.05) is 37.1 Å². The van der Waals surface area contributed by atoms with Crippen LogP contribution in [-0.2, 0) is 10.0 Å². The summed E-state index contributed by atoms with van der Waals surface area (Å²) < 4.78 is 35.0. The van der Waals surface area contributed by atoms with E-state index in [1.165, 1.54) is 17.8 Å². The predicted octanol–water partition coefficient (Wildman–Crippen LogP) is 5.51. The Kier molecular flexibility index (Phi) is 8.71. The van der Waals surface area contributed by atoms with Crippen molar-refractivity contribution in [2.75, 3.05) is 26.5 Å². The average Bonchev–Trinajstić information content (AvgIpc) is 2.82. The van der Waals surface area contributed by atoms with Crippen LogP contribution in [0.3, 0.4) is 0 Å². The third-order valence-corrected chi connectivity index (χ3v) is 8.73. The Morgan fingerprint density at radius 2 is 1.74 bits per heavy atom. The lowest BCUT2D eigenvalue weighted by molar-refractivity contribution is 0.0720. The lowest BCUT2D eigenvalue weighted by Crippen LogP contribution is -2.36. The van der Waals surface area contributed by atoms with Gasteiger partial charge in [0.2, 0.25) is 10.0 Å². The number of carbonyl (C=O) groups is 1. The molecule has 1 aliphatic rings. The minimum Gasteiger partial charge on any atom is -0.496 e. The fourth-order valence-electron chi connectivity index (χ4n) is 4.46. The van der Waals surface area contributed by atoms with Gasteiger partial charge in [-0.05, 0) is 92.3 Å². The summed E-state index contributed by atoms with van der Waals surface area (Å²) in [5.74, 6) is 0.946. The first-order chi connectivity index (χ1) is 16.1. The van der Waals surface area contributed by atoms with Crippen molar-refractivity contribution in [3.05, 3.63) is 52.6 Å². The van der Waals surface area contributed by atoms with Crippen LogP contribution in [0, 0.1) is 6.92 Å². The summed E-state index contributed by atoms with van der Waals surface area (Å²) in [6.07, 6.45) is 4.99. The third-order valence-electron chi connectivity index (χ3n) is 6.39. The van der Waals surface area contributed by atoms with E-state index in [9.17, 15) is 13.2 Å². The first kappa shape index (κ1) is 26.6. The molecule has 1 atom stereocenters. The molecule has 2 aromatic rings. The Hall–Kier alpha value is -2.03. The zero-order valence-electron chi connectivity index (χ0n) is 21.0. The number of aryl methyl sites for hydroxylation is 1. The molecule has 1 unspecified atom stereocenters. The second kappa shape index (κ2) is 11.1. The highest BCUT2D eigenvalue weighted by molar-refractivity contribution is 7.98. The van der Waals surface area contributed by atoms with Crippen molar-refractivity contribution in [1.82, 2.24) is 9.62 Å². The number of rotatable bonds is 8. The molecule has 6 nitrogen and oxygen atoms in total. The predicted molar refractivity (Wildman–Crippen MR) is 139 cm³/mol. The molecule has 2 aromatic carbocycles. The van der Waals surface area contributed by atoms with E-state index in [1.54, 1.807) is 19.2 Å². The van der Waals surface area contributed by atoms with Crippen molar-refractivity contribution in [1.29, 1.82) is 0 Å². The van der Waals surface area contributed by atoms with Crippen LogP contribution in [0.2, 0.25) is 0 Å². The normalized spacial score (nSPS) is 15.4. The SMILES string of the molecule is COc1cc(C)c(C(C)NS(=O)(=O)c2ccc(SC)c(C(=O)N3CCCCC3)c2)cc1C(C)C. The molecule has 1 N–H and O–H groups in total. The molecule has 1 saturated heterocycles. The monoisotopic (exact) mass is 504 g/mol. The Bertz CT molecular complexity index is 1140. The van der Waals surface area contributed by atoms with Gasteiger partial charge in [0.25, 0.3) is 5.91 Å². The Balaban J connectivity index is 1.92. The number of hydrogen-bond acceptors (Lipinski definition) is 5. The van der Waals surface area contributed by atoms with Crippen molar-refractivity contribution in [3.8, 4) is 5.75 Å². The van der Waals surface area contributed by atoms with Crippen LogP contribution in [0.25, 0.3) is 0 Å². The van der Waals surface area contributed by atoms with Gasteiger partial charge in [0.15, 0.2) is 0 Å². The van der Waals surface area contributed by atoms with E-state index in [2.05, 4.69) is 18.6 Å². The van der Waals surface area contributed by atoms with Gasteiger partial charge in [0.1, 0.15) is 5.75 Å². The van der Waals surface area contributed by atoms with Crippen molar-refractivity contribution in [3.63, 3.8) is 0 Å². The molecule has 1 heterocycles. The topological polar surface area (TPSA) is 75.7 Å². The second-order valence-corrected chi connectivity index (χ2v) is 11.7. The lowest BCUT2D eigenvalue weighted by Gasteiger charge is -2.27. The molecule has 1 fully saturated rings. The molecule has 3 rings (SSSR count). The van der Waals surface area contributed by atoms with Gasteiger partial charge in [0.05, 0.1) is 17.6 Å². The second-order valence-electron chi connectivity index (χ2n) is 9.16. The fraction of sp³-hybridized carbons (Fsp3) is 0.500. The number of hydrogen-bond donors (Lipinski definition) is 1. The molecule has 0 aliphatic carbocycles. The summed E-state index contributed by atoms with van der Waals surface area (Å²) in [5.41, 5.74) is 3.34. The number of thioether (sulfide) groups is 1. The van der Waals surface area contributed by atoms with E-state index < -0.39 is 16.1 Å². The van der Waals surface area contributed by atoms with Crippen molar-refractivity contribution in [2.45, 2.75) is 68.7 Å². The minimum absolute atomic E-state index is 0.0956. The summed E-state index contributed by atoms with van der Waals surface area (Å²) in [6, 6.07) is 8.37. The van der Waals surface area contributed by atoms with Crippen molar-refractivity contribution in [2.24, 2.45) is 0 Å². The third kappa shape index (κ3) is 5.78. The maximum Gasteiger partial charge on any atom is 0.255 e. The van der Waals surface area contributed by atoms with Gasteiger partial charge in [-0.25, -0.2) is 13.1 Å². The number of amides is 1. The summed E-state index contributed by atoms with van der Waals surface area (Å²) in [5, 5.41) is 0. The number of nitrogens with one attached hydrogen (secondary N) is 1. The lowest BCUT2D eigenvalue weighted by atomic mass is 9.94. The molecule has 1 amide bonds. The van der Waals surface area contributed by atoms with Crippen LogP contribution < -0.4 is 9.46 Å². The molecule has 186 valence electrons. The molecule has 0 spiro atoms. The zero-order valence-corrected chi connectivity index (χ0v) is 22.6. The highest BCUT2D eigenvalue weighted by atomic mass is 32.2. The van der Waals surface area contributed by atoms with Gasteiger partial charge < -0.3 is 9.64 Å². The number of methoxy groups -OCH3 is 1. The first-order valence-corrected chi connectivity index (χ1v) is 14.5. The van der Waals surface area contributed by atoms with Crippen LogP contribution in [0.15, 0.2) is 40.1 Å². The van der Waals surface area contributed by atoms with Crippen LogP contribution in [0.4, 0.5) is 0 Å². The van der Waals surface area contributed by atoms with Crippen LogP contribution in [0.5, 0.6) is 5.75 Å². The van der Waals surface area contributed by atoms with E-state index in [-0.39, 0.29) is 16.7 Å².